The Kier molecular flexibility index (Phi) is 6.62. The summed E-state index contributed by atoms with van der Waals surface area (Å²) < 4.78 is 89.3. The second kappa shape index (κ2) is 9.04. The third-order valence-corrected chi connectivity index (χ3v) is 5.26. The number of aromatic amines is 1. The number of aromatic nitrogens is 3. The number of benzene rings is 1. The predicted molar refractivity (Wildman–Crippen MR) is 99.9 cm³/mol. The largest absolute Gasteiger partial charge is 0.493 e. The first-order chi connectivity index (χ1) is 14.6. The number of nitrogens with zero attached hydrogens (tertiary/aromatic N) is 2. The molecule has 3 rings (SSSR count). The van der Waals surface area contributed by atoms with Crippen LogP contribution in [-0.2, 0) is 16.6 Å². The first-order valence-electron chi connectivity index (χ1n) is 8.62. The van der Waals surface area contributed by atoms with E-state index in [9.17, 15) is 26.2 Å². The molecule has 0 spiro atoms. The molecule has 0 bridgehead atoms. The van der Waals surface area contributed by atoms with Gasteiger partial charge in [-0.3, -0.25) is 9.19 Å². The molecule has 0 radical (unpaired) electrons. The Morgan fingerprint density at radius 2 is 1.94 bits per heavy atom. The van der Waals surface area contributed by atoms with Gasteiger partial charge in [0.1, 0.15) is 5.75 Å². The summed E-state index contributed by atoms with van der Waals surface area (Å²) >= 11 is 0. The third kappa shape index (κ3) is 5.60. The van der Waals surface area contributed by atoms with E-state index in [0.29, 0.717) is 11.1 Å². The van der Waals surface area contributed by atoms with Crippen LogP contribution < -0.4 is 14.2 Å². The Bertz CT molecular complexity index is 1100. The lowest BCUT2D eigenvalue weighted by Gasteiger charge is -2.13. The van der Waals surface area contributed by atoms with E-state index in [1.54, 1.807) is 0 Å². The monoisotopic (exact) mass is 465 g/mol. The molecule has 0 aliphatic heterocycles. The van der Waals surface area contributed by atoms with Crippen LogP contribution in [0.15, 0.2) is 29.6 Å². The van der Waals surface area contributed by atoms with Crippen LogP contribution in [0.4, 0.5) is 22.0 Å². The Labute approximate surface area is 175 Å². The molecule has 0 aliphatic carbocycles. The molecule has 13 heteroatoms. The third-order valence-electron chi connectivity index (χ3n) is 4.10. The van der Waals surface area contributed by atoms with E-state index >= 15 is 0 Å². The first kappa shape index (κ1) is 22.7. The molecule has 1 atom stereocenters. The average Bonchev–Trinajstić information content (AvgIpc) is 3.10. The van der Waals surface area contributed by atoms with Gasteiger partial charge in [0.05, 0.1) is 40.4 Å². The fraction of sp³-hybridized carbons (Fsp3) is 0.333. The van der Waals surface area contributed by atoms with Crippen LogP contribution in [0.1, 0.15) is 11.3 Å². The van der Waals surface area contributed by atoms with E-state index in [1.807, 2.05) is 0 Å². The highest BCUT2D eigenvalue weighted by Gasteiger charge is 2.29. The summed E-state index contributed by atoms with van der Waals surface area (Å²) in [5, 5.41) is 0.0223. The maximum absolute atomic E-state index is 12.8. The van der Waals surface area contributed by atoms with Crippen LogP contribution in [-0.4, -0.2) is 45.7 Å². The molecule has 0 aliphatic rings. The lowest BCUT2D eigenvalue weighted by molar-refractivity contribution is -0.153. The highest BCUT2D eigenvalue weighted by atomic mass is 32.2. The van der Waals surface area contributed by atoms with Crippen molar-refractivity contribution in [3.63, 3.8) is 0 Å². The Hall–Kier alpha value is -2.96. The van der Waals surface area contributed by atoms with Crippen molar-refractivity contribution in [2.75, 3.05) is 13.7 Å². The van der Waals surface area contributed by atoms with Crippen LogP contribution in [0, 0.1) is 6.92 Å². The number of pyridine rings is 1. The standard InChI is InChI=1S/C18H16F5N3O4S/c1-9-12(24-4-3-13(9)29-8-18(21,22)23)7-31(27)17-25-10-5-14(28-2)15(30-16(19)20)6-11(10)26-17/h3-6,16H,7-8H2,1-2H3,(H,25,26). The molecule has 1 unspecified atom stereocenters. The Balaban J connectivity index is 1.83. The number of nitrogens with one attached hydrogen (secondary N) is 1. The normalized spacial score (nSPS) is 12.9. The summed E-state index contributed by atoms with van der Waals surface area (Å²) in [4.78, 5) is 11.0. The van der Waals surface area contributed by atoms with Crippen molar-refractivity contribution in [2.45, 2.75) is 30.6 Å². The van der Waals surface area contributed by atoms with Crippen molar-refractivity contribution >= 4 is 21.8 Å². The highest BCUT2D eigenvalue weighted by Crippen LogP contribution is 2.33. The van der Waals surface area contributed by atoms with Gasteiger partial charge in [0.2, 0.25) is 0 Å². The highest BCUT2D eigenvalue weighted by molar-refractivity contribution is 7.84. The number of ether oxygens (including phenoxy) is 3. The Morgan fingerprint density at radius 1 is 1.19 bits per heavy atom. The SMILES string of the molecule is COc1cc2nc(S(=O)Cc3nccc(OCC(F)(F)F)c3C)[nH]c2cc1OC(F)F. The van der Waals surface area contributed by atoms with Crippen molar-refractivity contribution < 1.29 is 40.4 Å². The lowest BCUT2D eigenvalue weighted by atomic mass is 10.2. The zero-order valence-electron chi connectivity index (χ0n) is 16.1. The molecular formula is C18H16F5N3O4S. The van der Waals surface area contributed by atoms with Crippen molar-refractivity contribution in [3.8, 4) is 17.2 Å². The fourth-order valence-corrected chi connectivity index (χ4v) is 3.76. The van der Waals surface area contributed by atoms with Gasteiger partial charge in [0.25, 0.3) is 0 Å². The topological polar surface area (TPSA) is 86.3 Å². The lowest BCUT2D eigenvalue weighted by Crippen LogP contribution is -2.19. The van der Waals surface area contributed by atoms with Gasteiger partial charge in [-0.2, -0.15) is 22.0 Å². The molecule has 0 fully saturated rings. The quantitative estimate of drug-likeness (QED) is 0.504. The summed E-state index contributed by atoms with van der Waals surface area (Å²) in [6, 6.07) is 3.87. The molecule has 1 aromatic carbocycles. The van der Waals surface area contributed by atoms with Gasteiger partial charge in [-0.15, -0.1) is 0 Å². The van der Waals surface area contributed by atoms with Gasteiger partial charge in [-0.05, 0) is 13.0 Å². The number of hydrogen-bond acceptors (Lipinski definition) is 6. The first-order valence-corrected chi connectivity index (χ1v) is 9.94. The predicted octanol–water partition coefficient (Wildman–Crippen LogP) is 4.13. The van der Waals surface area contributed by atoms with E-state index in [0.717, 1.165) is 0 Å². The van der Waals surface area contributed by atoms with Crippen molar-refractivity contribution in [1.82, 2.24) is 15.0 Å². The molecule has 0 saturated carbocycles. The van der Waals surface area contributed by atoms with E-state index < -0.39 is 30.2 Å². The van der Waals surface area contributed by atoms with E-state index in [-0.39, 0.29) is 39.4 Å². The second-order valence-corrected chi connectivity index (χ2v) is 7.58. The zero-order valence-corrected chi connectivity index (χ0v) is 16.9. The molecule has 0 saturated heterocycles. The van der Waals surface area contributed by atoms with Crippen molar-refractivity contribution in [3.05, 3.63) is 35.7 Å². The smallest absolute Gasteiger partial charge is 0.422 e. The maximum Gasteiger partial charge on any atom is 0.422 e. The van der Waals surface area contributed by atoms with Crippen LogP contribution in [0.3, 0.4) is 0 Å². The van der Waals surface area contributed by atoms with Gasteiger partial charge >= 0.3 is 12.8 Å². The molecule has 168 valence electrons. The number of rotatable bonds is 8. The van der Waals surface area contributed by atoms with Crippen LogP contribution in [0.25, 0.3) is 11.0 Å². The van der Waals surface area contributed by atoms with E-state index in [4.69, 9.17) is 9.47 Å². The molecule has 7 nitrogen and oxygen atoms in total. The molecule has 31 heavy (non-hydrogen) atoms. The number of methoxy groups -OCH3 is 1. The van der Waals surface area contributed by atoms with Crippen LogP contribution >= 0.6 is 0 Å². The minimum atomic E-state index is -4.50. The van der Waals surface area contributed by atoms with Gasteiger partial charge in [-0.25, -0.2) is 4.98 Å². The second-order valence-electron chi connectivity index (χ2n) is 6.22. The number of imidazole rings is 1. The fourth-order valence-electron chi connectivity index (χ4n) is 2.66. The van der Waals surface area contributed by atoms with E-state index in [1.165, 1.54) is 38.4 Å². The Morgan fingerprint density at radius 3 is 2.58 bits per heavy atom. The number of alkyl halides is 5. The summed E-state index contributed by atoms with van der Waals surface area (Å²) in [6.45, 7) is -3.03. The molecule has 1 N–H and O–H groups in total. The molecule has 3 aromatic rings. The molecule has 0 amide bonds. The number of halogens is 5. The number of hydrogen-bond donors (Lipinski definition) is 1. The van der Waals surface area contributed by atoms with Gasteiger partial charge < -0.3 is 19.2 Å². The van der Waals surface area contributed by atoms with Gasteiger partial charge in [0.15, 0.2) is 23.3 Å². The van der Waals surface area contributed by atoms with Crippen LogP contribution in [0.5, 0.6) is 17.2 Å². The molecule has 2 aromatic heterocycles. The molecule has 2 heterocycles. The average molecular weight is 465 g/mol. The minimum Gasteiger partial charge on any atom is -0.493 e. The maximum atomic E-state index is 12.8. The van der Waals surface area contributed by atoms with E-state index in [2.05, 4.69) is 19.7 Å². The summed E-state index contributed by atoms with van der Waals surface area (Å²) in [7, 11) is -0.498. The van der Waals surface area contributed by atoms with Gasteiger partial charge in [0, 0.05) is 23.9 Å². The summed E-state index contributed by atoms with van der Waals surface area (Å²) in [5.74, 6) is -0.393. The van der Waals surface area contributed by atoms with Crippen molar-refractivity contribution in [1.29, 1.82) is 0 Å². The zero-order chi connectivity index (χ0) is 22.8. The summed E-state index contributed by atoms with van der Waals surface area (Å²) in [5.41, 5.74) is 1.16. The number of H-pyrrole nitrogens is 1. The summed E-state index contributed by atoms with van der Waals surface area (Å²) in [6.07, 6.45) is -3.25. The van der Waals surface area contributed by atoms with Crippen LogP contribution in [0.2, 0.25) is 0 Å². The van der Waals surface area contributed by atoms with Crippen molar-refractivity contribution in [2.24, 2.45) is 0 Å². The van der Waals surface area contributed by atoms with Gasteiger partial charge in [-0.1, -0.05) is 0 Å². The molecular weight excluding hydrogens is 449 g/mol. The minimum absolute atomic E-state index is 0.0173. The number of fused-ring (bicyclic) bond motifs is 1.